The molecule has 2 aromatic carbocycles. The highest BCUT2D eigenvalue weighted by molar-refractivity contribution is 7.71. The molecule has 0 fully saturated rings. The van der Waals surface area contributed by atoms with Crippen LogP contribution in [-0.2, 0) is 17.8 Å². The van der Waals surface area contributed by atoms with Crippen LogP contribution in [0.25, 0.3) is 11.4 Å². The molecule has 31 heavy (non-hydrogen) atoms. The van der Waals surface area contributed by atoms with Crippen molar-refractivity contribution in [3.05, 3.63) is 58.9 Å². The molecule has 2 N–H and O–H groups in total. The van der Waals surface area contributed by atoms with Crippen LogP contribution in [0.1, 0.15) is 18.9 Å². The summed E-state index contributed by atoms with van der Waals surface area (Å²) in [6.07, 6.45) is 1.23. The van der Waals surface area contributed by atoms with Gasteiger partial charge in [-0.1, -0.05) is 18.2 Å². The monoisotopic (exact) mass is 438 g/mol. The fourth-order valence-electron chi connectivity index (χ4n) is 3.69. The molecule has 0 saturated carbocycles. The molecule has 0 saturated heterocycles. The molecule has 1 aliphatic rings. The number of aromatic amines is 1. The van der Waals surface area contributed by atoms with Gasteiger partial charge >= 0.3 is 0 Å². The number of benzene rings is 2. The second-order valence-electron chi connectivity index (χ2n) is 7.50. The van der Waals surface area contributed by atoms with Gasteiger partial charge in [0, 0.05) is 31.0 Å². The summed E-state index contributed by atoms with van der Waals surface area (Å²) in [6.45, 7) is 4.23. The number of para-hydroxylation sites is 1. The Labute approximate surface area is 186 Å². The third-order valence-electron chi connectivity index (χ3n) is 5.29. The molecular formula is C23H26N4O3S. The Hall–Kier alpha value is -3.13. The second kappa shape index (κ2) is 9.78. The topological polar surface area (TPSA) is 81.2 Å². The highest BCUT2D eigenvalue weighted by Crippen LogP contribution is 2.26. The Bertz CT molecular complexity index is 1090. The van der Waals surface area contributed by atoms with Gasteiger partial charge in [-0.05, 0) is 61.5 Å². The molecule has 0 radical (unpaired) electrons. The van der Waals surface area contributed by atoms with Gasteiger partial charge in [0.15, 0.2) is 10.6 Å². The molecule has 8 heteroatoms. The van der Waals surface area contributed by atoms with Crippen molar-refractivity contribution >= 4 is 18.1 Å². The largest absolute Gasteiger partial charge is 0.494 e. The second-order valence-corrected chi connectivity index (χ2v) is 7.89. The smallest absolute Gasteiger partial charge is 0.221 e. The molecule has 3 aromatic rings. The first-order chi connectivity index (χ1) is 15.1. The van der Waals surface area contributed by atoms with Crippen LogP contribution in [0.5, 0.6) is 11.5 Å². The molecule has 1 aromatic heterocycles. The van der Waals surface area contributed by atoms with Gasteiger partial charge in [0.05, 0.1) is 13.2 Å². The SMILES string of the molecule is CCOc1ccc(-c2n[nH]c(=S)n2CCC(=O)NCC2COc3ccccc3C2)cc1. The summed E-state index contributed by atoms with van der Waals surface area (Å²) in [5, 5.41) is 10.2. The van der Waals surface area contributed by atoms with Crippen LogP contribution in [-0.4, -0.2) is 40.4 Å². The van der Waals surface area contributed by atoms with Crippen LogP contribution in [0, 0.1) is 10.7 Å². The first kappa shape index (κ1) is 21.1. The zero-order chi connectivity index (χ0) is 21.6. The number of carbonyl (C=O) groups excluding carboxylic acids is 1. The molecular weight excluding hydrogens is 412 g/mol. The van der Waals surface area contributed by atoms with Crippen LogP contribution in [0.4, 0.5) is 0 Å². The summed E-state index contributed by atoms with van der Waals surface area (Å²) in [4.78, 5) is 12.5. The van der Waals surface area contributed by atoms with Gasteiger partial charge in [0.25, 0.3) is 0 Å². The number of rotatable bonds is 8. The van der Waals surface area contributed by atoms with E-state index < -0.39 is 0 Å². The number of fused-ring (bicyclic) bond motifs is 1. The lowest BCUT2D eigenvalue weighted by Gasteiger charge is -2.25. The maximum atomic E-state index is 12.5. The van der Waals surface area contributed by atoms with E-state index in [1.165, 1.54) is 5.56 Å². The third-order valence-corrected chi connectivity index (χ3v) is 5.60. The highest BCUT2D eigenvalue weighted by Gasteiger charge is 2.20. The first-order valence-corrected chi connectivity index (χ1v) is 10.9. The fraction of sp³-hybridized carbons (Fsp3) is 0.348. The first-order valence-electron chi connectivity index (χ1n) is 10.5. The molecule has 4 rings (SSSR count). The molecule has 1 unspecified atom stereocenters. The number of ether oxygens (including phenoxy) is 2. The Morgan fingerprint density at radius 2 is 2.10 bits per heavy atom. The van der Waals surface area contributed by atoms with Crippen molar-refractivity contribution in [2.45, 2.75) is 26.3 Å². The standard InChI is InChI=1S/C23H26N4O3S/c1-2-29-19-9-7-17(8-10-19)22-25-26-23(31)27(22)12-11-21(28)24-14-16-13-18-5-3-4-6-20(18)30-15-16/h3-10,16H,2,11-15H2,1H3,(H,24,28)(H,26,31). The molecule has 1 amide bonds. The van der Waals surface area contributed by atoms with E-state index in [1.807, 2.05) is 54.0 Å². The van der Waals surface area contributed by atoms with E-state index in [1.54, 1.807) is 0 Å². The number of carbonyl (C=O) groups is 1. The number of amides is 1. The summed E-state index contributed by atoms with van der Waals surface area (Å²) in [6, 6.07) is 15.7. The Kier molecular flexibility index (Phi) is 6.66. The average molecular weight is 439 g/mol. The molecule has 1 aliphatic heterocycles. The number of nitrogens with zero attached hydrogens (tertiary/aromatic N) is 2. The molecule has 0 bridgehead atoms. The third kappa shape index (κ3) is 5.14. The minimum atomic E-state index is -0.0143. The molecule has 0 aliphatic carbocycles. The lowest BCUT2D eigenvalue weighted by molar-refractivity contribution is -0.121. The Morgan fingerprint density at radius 1 is 1.29 bits per heavy atom. The van der Waals surface area contributed by atoms with Gasteiger partial charge in [0.2, 0.25) is 5.91 Å². The summed E-state index contributed by atoms with van der Waals surface area (Å²) < 4.78 is 13.6. The number of hydrogen-bond acceptors (Lipinski definition) is 5. The normalized spacial score (nSPS) is 15.1. The van der Waals surface area contributed by atoms with Crippen LogP contribution in [0.15, 0.2) is 48.5 Å². The predicted molar refractivity (Wildman–Crippen MR) is 121 cm³/mol. The van der Waals surface area contributed by atoms with E-state index in [0.29, 0.717) is 43.3 Å². The van der Waals surface area contributed by atoms with Crippen molar-refractivity contribution in [1.82, 2.24) is 20.1 Å². The lowest BCUT2D eigenvalue weighted by atomic mass is 9.97. The number of nitrogens with one attached hydrogen (secondary N) is 2. The molecule has 1 atom stereocenters. The fourth-order valence-corrected chi connectivity index (χ4v) is 3.92. The van der Waals surface area contributed by atoms with Crippen molar-refractivity contribution in [2.24, 2.45) is 5.92 Å². The molecule has 0 spiro atoms. The van der Waals surface area contributed by atoms with Gasteiger partial charge in [-0.2, -0.15) is 5.10 Å². The van der Waals surface area contributed by atoms with Gasteiger partial charge < -0.3 is 14.8 Å². The quantitative estimate of drug-likeness (QED) is 0.524. The van der Waals surface area contributed by atoms with E-state index in [0.717, 1.165) is 23.5 Å². The Morgan fingerprint density at radius 3 is 2.90 bits per heavy atom. The molecule has 2 heterocycles. The van der Waals surface area contributed by atoms with E-state index in [9.17, 15) is 4.79 Å². The van der Waals surface area contributed by atoms with E-state index in [4.69, 9.17) is 21.7 Å². The molecule has 162 valence electrons. The average Bonchev–Trinajstić information content (AvgIpc) is 3.17. The van der Waals surface area contributed by atoms with Crippen LogP contribution >= 0.6 is 12.2 Å². The van der Waals surface area contributed by atoms with Crippen molar-refractivity contribution in [2.75, 3.05) is 19.8 Å². The minimum Gasteiger partial charge on any atom is -0.494 e. The molecule has 7 nitrogen and oxygen atoms in total. The van der Waals surface area contributed by atoms with E-state index in [2.05, 4.69) is 21.6 Å². The maximum Gasteiger partial charge on any atom is 0.221 e. The lowest BCUT2D eigenvalue weighted by Crippen LogP contribution is -2.35. The van der Waals surface area contributed by atoms with Crippen LogP contribution in [0.3, 0.4) is 0 Å². The van der Waals surface area contributed by atoms with Gasteiger partial charge in [-0.15, -0.1) is 0 Å². The summed E-state index contributed by atoms with van der Waals surface area (Å²) >= 11 is 5.37. The number of hydrogen-bond donors (Lipinski definition) is 2. The summed E-state index contributed by atoms with van der Waals surface area (Å²) in [7, 11) is 0. The maximum absolute atomic E-state index is 12.5. The van der Waals surface area contributed by atoms with E-state index in [-0.39, 0.29) is 11.8 Å². The van der Waals surface area contributed by atoms with E-state index >= 15 is 0 Å². The van der Waals surface area contributed by atoms with Crippen LogP contribution < -0.4 is 14.8 Å². The summed E-state index contributed by atoms with van der Waals surface area (Å²) in [5.74, 6) is 2.72. The number of H-pyrrole nitrogens is 1. The summed E-state index contributed by atoms with van der Waals surface area (Å²) in [5.41, 5.74) is 2.10. The van der Waals surface area contributed by atoms with Crippen molar-refractivity contribution in [1.29, 1.82) is 0 Å². The zero-order valence-electron chi connectivity index (χ0n) is 17.5. The van der Waals surface area contributed by atoms with Gasteiger partial charge in [0.1, 0.15) is 11.5 Å². The van der Waals surface area contributed by atoms with Crippen molar-refractivity contribution in [3.8, 4) is 22.9 Å². The van der Waals surface area contributed by atoms with Gasteiger partial charge in [-0.25, -0.2) is 0 Å². The highest BCUT2D eigenvalue weighted by atomic mass is 32.1. The van der Waals surface area contributed by atoms with Crippen molar-refractivity contribution < 1.29 is 14.3 Å². The van der Waals surface area contributed by atoms with Crippen LogP contribution in [0.2, 0.25) is 0 Å². The van der Waals surface area contributed by atoms with Crippen molar-refractivity contribution in [3.63, 3.8) is 0 Å². The predicted octanol–water partition coefficient (Wildman–Crippen LogP) is 3.76. The van der Waals surface area contributed by atoms with Gasteiger partial charge in [-0.3, -0.25) is 14.5 Å². The zero-order valence-corrected chi connectivity index (χ0v) is 18.3. The minimum absolute atomic E-state index is 0.0143. The number of aromatic nitrogens is 3. The Balaban J connectivity index is 1.32.